The van der Waals surface area contributed by atoms with E-state index in [0.717, 1.165) is 5.56 Å². The minimum Gasteiger partial charge on any atom is -0.497 e. The molecule has 0 spiro atoms. The largest absolute Gasteiger partial charge is 0.497 e. The fourth-order valence-electron chi connectivity index (χ4n) is 2.73. The van der Waals surface area contributed by atoms with E-state index in [1.54, 1.807) is 37.4 Å². The van der Waals surface area contributed by atoms with E-state index in [4.69, 9.17) is 14.2 Å². The van der Waals surface area contributed by atoms with Gasteiger partial charge in [0.1, 0.15) is 12.4 Å². The summed E-state index contributed by atoms with van der Waals surface area (Å²) in [6, 6.07) is 19.7. The van der Waals surface area contributed by atoms with Gasteiger partial charge in [-0.25, -0.2) is 0 Å². The van der Waals surface area contributed by atoms with Crippen molar-refractivity contribution in [2.24, 2.45) is 0 Å². The second-order valence-electron chi connectivity index (χ2n) is 5.78. The second-order valence-corrected chi connectivity index (χ2v) is 5.78. The highest BCUT2D eigenvalue weighted by Crippen LogP contribution is 2.41. The SMILES string of the molecule is COc1cccc(-c2cc(OC)c(OCc3ccccc3)cc2[N+](=O)[O-])c1. The molecular formula is C21H19NO5. The Morgan fingerprint density at radius 3 is 2.33 bits per heavy atom. The van der Waals surface area contributed by atoms with Crippen LogP contribution in [0.3, 0.4) is 0 Å². The van der Waals surface area contributed by atoms with Crippen LogP contribution in [-0.4, -0.2) is 19.1 Å². The molecule has 0 saturated heterocycles. The molecule has 0 heterocycles. The van der Waals surface area contributed by atoms with Crippen LogP contribution in [0.4, 0.5) is 5.69 Å². The molecule has 0 bridgehead atoms. The Hall–Kier alpha value is -3.54. The van der Waals surface area contributed by atoms with E-state index in [9.17, 15) is 10.1 Å². The molecule has 0 N–H and O–H groups in total. The third-order valence-corrected chi connectivity index (χ3v) is 4.10. The summed E-state index contributed by atoms with van der Waals surface area (Å²) in [7, 11) is 3.06. The first kappa shape index (κ1) is 18.3. The quantitative estimate of drug-likeness (QED) is 0.442. The van der Waals surface area contributed by atoms with Crippen LogP contribution in [0.25, 0.3) is 11.1 Å². The fourth-order valence-corrected chi connectivity index (χ4v) is 2.73. The average molecular weight is 365 g/mol. The molecular weight excluding hydrogens is 346 g/mol. The maximum atomic E-state index is 11.7. The molecule has 0 amide bonds. The molecule has 0 aliphatic carbocycles. The van der Waals surface area contributed by atoms with Gasteiger partial charge in [0, 0.05) is 0 Å². The van der Waals surface area contributed by atoms with Crippen LogP contribution in [0.1, 0.15) is 5.56 Å². The number of ether oxygens (including phenoxy) is 3. The minimum atomic E-state index is -0.427. The molecule has 0 fully saturated rings. The van der Waals surface area contributed by atoms with Crippen molar-refractivity contribution in [2.75, 3.05) is 14.2 Å². The van der Waals surface area contributed by atoms with Crippen molar-refractivity contribution in [3.8, 4) is 28.4 Å². The zero-order valence-electron chi connectivity index (χ0n) is 15.0. The van der Waals surface area contributed by atoms with Crippen LogP contribution in [0.2, 0.25) is 0 Å². The van der Waals surface area contributed by atoms with E-state index in [-0.39, 0.29) is 12.3 Å². The lowest BCUT2D eigenvalue weighted by molar-refractivity contribution is -0.384. The van der Waals surface area contributed by atoms with Crippen molar-refractivity contribution in [3.05, 3.63) is 82.4 Å². The summed E-state index contributed by atoms with van der Waals surface area (Å²) in [5.74, 6) is 1.36. The second kappa shape index (κ2) is 8.23. The van der Waals surface area contributed by atoms with Crippen molar-refractivity contribution < 1.29 is 19.1 Å². The average Bonchev–Trinajstić information content (AvgIpc) is 2.72. The monoisotopic (exact) mass is 365 g/mol. The Balaban J connectivity index is 2.01. The molecule has 0 unspecified atom stereocenters. The minimum absolute atomic E-state index is 0.0629. The summed E-state index contributed by atoms with van der Waals surface area (Å²) < 4.78 is 16.4. The predicted molar refractivity (Wildman–Crippen MR) is 102 cm³/mol. The van der Waals surface area contributed by atoms with Crippen molar-refractivity contribution in [1.82, 2.24) is 0 Å². The first-order chi connectivity index (χ1) is 13.1. The Morgan fingerprint density at radius 1 is 0.889 bits per heavy atom. The van der Waals surface area contributed by atoms with Crippen LogP contribution in [0.15, 0.2) is 66.7 Å². The summed E-state index contributed by atoms with van der Waals surface area (Å²) in [5.41, 5.74) is 1.99. The van der Waals surface area contributed by atoms with Gasteiger partial charge in [-0.3, -0.25) is 10.1 Å². The molecule has 3 aromatic carbocycles. The Morgan fingerprint density at radius 2 is 1.67 bits per heavy atom. The lowest BCUT2D eigenvalue weighted by Crippen LogP contribution is -2.00. The zero-order valence-corrected chi connectivity index (χ0v) is 15.0. The molecule has 6 heteroatoms. The van der Waals surface area contributed by atoms with Gasteiger partial charge in [-0.05, 0) is 29.3 Å². The third-order valence-electron chi connectivity index (χ3n) is 4.10. The topological polar surface area (TPSA) is 70.8 Å². The third kappa shape index (κ3) is 4.17. The van der Waals surface area contributed by atoms with E-state index in [0.29, 0.717) is 28.4 Å². The highest BCUT2D eigenvalue weighted by atomic mass is 16.6. The summed E-state index contributed by atoms with van der Waals surface area (Å²) in [5, 5.41) is 11.7. The number of hydrogen-bond acceptors (Lipinski definition) is 5. The number of nitro groups is 1. The first-order valence-corrected chi connectivity index (χ1v) is 8.30. The van der Waals surface area contributed by atoms with Crippen LogP contribution in [-0.2, 0) is 6.61 Å². The molecule has 0 aromatic heterocycles. The van der Waals surface area contributed by atoms with Crippen molar-refractivity contribution in [3.63, 3.8) is 0 Å². The maximum absolute atomic E-state index is 11.7. The van der Waals surface area contributed by atoms with Crippen molar-refractivity contribution >= 4 is 5.69 Å². The lowest BCUT2D eigenvalue weighted by Gasteiger charge is -2.13. The number of methoxy groups -OCH3 is 2. The van der Waals surface area contributed by atoms with E-state index >= 15 is 0 Å². The van der Waals surface area contributed by atoms with Gasteiger partial charge >= 0.3 is 0 Å². The number of hydrogen-bond donors (Lipinski definition) is 0. The Labute approximate surface area is 157 Å². The van der Waals surface area contributed by atoms with Gasteiger partial charge in [0.15, 0.2) is 11.5 Å². The van der Waals surface area contributed by atoms with E-state index in [1.165, 1.54) is 13.2 Å². The van der Waals surface area contributed by atoms with Crippen molar-refractivity contribution in [1.29, 1.82) is 0 Å². The summed E-state index contributed by atoms with van der Waals surface area (Å²) in [6.45, 7) is 0.285. The fraction of sp³-hybridized carbons (Fsp3) is 0.143. The van der Waals surface area contributed by atoms with Gasteiger partial charge in [0.05, 0.1) is 30.8 Å². The highest BCUT2D eigenvalue weighted by Gasteiger charge is 2.21. The normalized spacial score (nSPS) is 10.3. The maximum Gasteiger partial charge on any atom is 0.281 e. The molecule has 0 aliphatic heterocycles. The molecule has 27 heavy (non-hydrogen) atoms. The van der Waals surface area contributed by atoms with Crippen LogP contribution in [0.5, 0.6) is 17.2 Å². The predicted octanol–water partition coefficient (Wildman–Crippen LogP) is 4.86. The van der Waals surface area contributed by atoms with Gasteiger partial charge < -0.3 is 14.2 Å². The van der Waals surface area contributed by atoms with Gasteiger partial charge in [0.2, 0.25) is 0 Å². The van der Waals surface area contributed by atoms with Gasteiger partial charge in [-0.2, -0.15) is 0 Å². The summed E-state index contributed by atoms with van der Waals surface area (Å²) >= 11 is 0. The lowest BCUT2D eigenvalue weighted by atomic mass is 10.0. The van der Waals surface area contributed by atoms with Crippen LogP contribution < -0.4 is 14.2 Å². The number of nitro benzene ring substituents is 1. The molecule has 0 radical (unpaired) electrons. The molecule has 138 valence electrons. The molecule has 0 aliphatic rings. The van der Waals surface area contributed by atoms with E-state index in [1.807, 2.05) is 30.3 Å². The highest BCUT2D eigenvalue weighted by molar-refractivity contribution is 5.78. The zero-order chi connectivity index (χ0) is 19.2. The summed E-state index contributed by atoms with van der Waals surface area (Å²) in [6.07, 6.45) is 0. The molecule has 0 atom stereocenters. The summed E-state index contributed by atoms with van der Waals surface area (Å²) in [4.78, 5) is 11.2. The Kier molecular flexibility index (Phi) is 5.56. The van der Waals surface area contributed by atoms with Crippen LogP contribution in [0, 0.1) is 10.1 Å². The van der Waals surface area contributed by atoms with Crippen LogP contribution >= 0.6 is 0 Å². The number of rotatable bonds is 7. The smallest absolute Gasteiger partial charge is 0.281 e. The van der Waals surface area contributed by atoms with Gasteiger partial charge in [-0.1, -0.05) is 42.5 Å². The number of nitrogens with zero attached hydrogens (tertiary/aromatic N) is 1. The van der Waals surface area contributed by atoms with E-state index in [2.05, 4.69) is 0 Å². The first-order valence-electron chi connectivity index (χ1n) is 8.30. The molecule has 3 aromatic rings. The molecule has 0 saturated carbocycles. The van der Waals surface area contributed by atoms with E-state index < -0.39 is 4.92 Å². The van der Waals surface area contributed by atoms with Crippen molar-refractivity contribution in [2.45, 2.75) is 6.61 Å². The molecule has 6 nitrogen and oxygen atoms in total. The Bertz CT molecular complexity index is 941. The van der Waals surface area contributed by atoms with Gasteiger partial charge in [0.25, 0.3) is 5.69 Å². The van der Waals surface area contributed by atoms with Gasteiger partial charge in [-0.15, -0.1) is 0 Å². The number of benzene rings is 3. The standard InChI is InChI=1S/C21H19NO5/c1-25-17-10-6-9-16(11-17)18-12-20(26-2)21(13-19(18)22(23)24)27-14-15-7-4-3-5-8-15/h3-13H,14H2,1-2H3. The molecule has 3 rings (SSSR count).